The highest BCUT2D eigenvalue weighted by atomic mass is 16.6. The summed E-state index contributed by atoms with van der Waals surface area (Å²) in [6.45, 7) is 8.26. The lowest BCUT2D eigenvalue weighted by molar-refractivity contribution is 0.215. The normalized spacial score (nSPS) is 16.1. The van der Waals surface area contributed by atoms with Gasteiger partial charge in [0, 0.05) is 0 Å². The van der Waals surface area contributed by atoms with Gasteiger partial charge in [0.1, 0.15) is 5.76 Å². The Bertz CT molecular complexity index is 129. The number of hydrogen-bond donors (Lipinski definition) is 1. The van der Waals surface area contributed by atoms with Gasteiger partial charge in [0.15, 0.2) is 0 Å². The molecule has 2 N–H and O–H groups in total. The fraction of sp³-hybridized carbons (Fsp3) is 0.750. The summed E-state index contributed by atoms with van der Waals surface area (Å²) in [5.41, 5.74) is 1.24. The summed E-state index contributed by atoms with van der Waals surface area (Å²) in [5.74, 6) is 6.42. The van der Waals surface area contributed by atoms with Crippen molar-refractivity contribution >= 4 is 0 Å². The summed E-state index contributed by atoms with van der Waals surface area (Å²) in [6.07, 6.45) is 1.13. The summed E-state index contributed by atoms with van der Waals surface area (Å²) >= 11 is 0. The fourth-order valence-corrected chi connectivity index (χ4v) is 0.746. The van der Waals surface area contributed by atoms with Crippen LogP contribution in [0.25, 0.3) is 0 Å². The van der Waals surface area contributed by atoms with Crippen molar-refractivity contribution in [3.8, 4) is 0 Å². The molecule has 0 aromatic heterocycles. The molecule has 0 heterocycles. The van der Waals surface area contributed by atoms with Crippen LogP contribution < -0.4 is 5.90 Å². The van der Waals surface area contributed by atoms with E-state index in [1.165, 1.54) is 5.57 Å². The summed E-state index contributed by atoms with van der Waals surface area (Å²) < 4.78 is 0. The van der Waals surface area contributed by atoms with E-state index >= 15 is 0 Å². The maximum Gasteiger partial charge on any atom is 0.120 e. The monoisotopic (exact) mass is 143 g/mol. The molecule has 0 spiro atoms. The second-order valence-electron chi connectivity index (χ2n) is 2.67. The van der Waals surface area contributed by atoms with Crippen molar-refractivity contribution in [1.82, 2.24) is 0 Å². The predicted octanol–water partition coefficient (Wildman–Crippen LogP) is 2.22. The zero-order valence-corrected chi connectivity index (χ0v) is 7.27. The van der Waals surface area contributed by atoms with Crippen LogP contribution in [0.3, 0.4) is 0 Å². The second kappa shape index (κ2) is 4.34. The van der Waals surface area contributed by atoms with E-state index in [1.807, 2.05) is 6.92 Å². The molecule has 0 amide bonds. The predicted molar refractivity (Wildman–Crippen MR) is 43.1 cm³/mol. The van der Waals surface area contributed by atoms with Gasteiger partial charge in [-0.15, -0.1) is 0 Å². The summed E-state index contributed by atoms with van der Waals surface area (Å²) in [7, 11) is 0. The molecule has 1 unspecified atom stereocenters. The molecule has 0 radical (unpaired) electrons. The molecular weight excluding hydrogens is 126 g/mol. The number of rotatable bonds is 3. The van der Waals surface area contributed by atoms with Crippen LogP contribution in [0.2, 0.25) is 0 Å². The van der Waals surface area contributed by atoms with Gasteiger partial charge in [-0.05, 0) is 31.8 Å². The van der Waals surface area contributed by atoms with Crippen molar-refractivity contribution in [2.45, 2.75) is 34.1 Å². The van der Waals surface area contributed by atoms with Gasteiger partial charge in [-0.3, -0.25) is 0 Å². The fourth-order valence-electron chi connectivity index (χ4n) is 0.746. The molecule has 0 saturated carbocycles. The van der Waals surface area contributed by atoms with Gasteiger partial charge >= 0.3 is 0 Å². The molecule has 0 rings (SSSR count). The van der Waals surface area contributed by atoms with E-state index < -0.39 is 0 Å². The van der Waals surface area contributed by atoms with Crippen LogP contribution in [0, 0.1) is 5.92 Å². The number of nitrogens with two attached hydrogens (primary N) is 1. The Labute approximate surface area is 63.0 Å². The molecule has 0 fully saturated rings. The smallest absolute Gasteiger partial charge is 0.120 e. The first-order chi connectivity index (χ1) is 4.63. The first-order valence-electron chi connectivity index (χ1n) is 3.67. The van der Waals surface area contributed by atoms with Gasteiger partial charge in [0.2, 0.25) is 0 Å². The van der Waals surface area contributed by atoms with E-state index in [4.69, 9.17) is 5.90 Å². The lowest BCUT2D eigenvalue weighted by atomic mass is 9.99. The van der Waals surface area contributed by atoms with Gasteiger partial charge < -0.3 is 4.84 Å². The highest BCUT2D eigenvalue weighted by molar-refractivity contribution is 5.05. The summed E-state index contributed by atoms with van der Waals surface area (Å²) in [6, 6.07) is 0. The van der Waals surface area contributed by atoms with E-state index in [0.29, 0.717) is 5.92 Å². The third-order valence-corrected chi connectivity index (χ3v) is 2.08. The van der Waals surface area contributed by atoms with Crippen LogP contribution in [0.15, 0.2) is 11.3 Å². The molecule has 10 heavy (non-hydrogen) atoms. The third kappa shape index (κ3) is 2.40. The standard InChI is InChI=1S/C8H17NO/c1-5-6(2)7(3)8(4)10-9/h6H,5,9H2,1-4H3/b8-7-. The van der Waals surface area contributed by atoms with E-state index in [-0.39, 0.29) is 0 Å². The van der Waals surface area contributed by atoms with E-state index in [1.54, 1.807) is 0 Å². The van der Waals surface area contributed by atoms with Crippen molar-refractivity contribution in [2.75, 3.05) is 0 Å². The lowest BCUT2D eigenvalue weighted by Gasteiger charge is -2.11. The molecule has 1 atom stereocenters. The Morgan fingerprint density at radius 3 is 2.30 bits per heavy atom. The maximum absolute atomic E-state index is 5.01. The maximum atomic E-state index is 5.01. The Hall–Kier alpha value is -0.500. The Balaban J connectivity index is 4.15. The van der Waals surface area contributed by atoms with E-state index in [0.717, 1.165) is 12.2 Å². The SMILES string of the molecule is CCC(C)/C(C)=C(/C)ON. The van der Waals surface area contributed by atoms with Crippen LogP contribution in [-0.4, -0.2) is 0 Å². The largest absolute Gasteiger partial charge is 0.416 e. The molecular formula is C8H17NO. The first-order valence-corrected chi connectivity index (χ1v) is 3.67. The quantitative estimate of drug-likeness (QED) is 0.485. The van der Waals surface area contributed by atoms with Gasteiger partial charge in [-0.1, -0.05) is 13.8 Å². The van der Waals surface area contributed by atoms with Crippen molar-refractivity contribution in [2.24, 2.45) is 11.8 Å². The van der Waals surface area contributed by atoms with Crippen molar-refractivity contribution in [3.05, 3.63) is 11.3 Å². The highest BCUT2D eigenvalue weighted by Crippen LogP contribution is 2.16. The number of hydrogen-bond acceptors (Lipinski definition) is 2. The molecule has 0 saturated heterocycles. The van der Waals surface area contributed by atoms with Gasteiger partial charge in [0.25, 0.3) is 0 Å². The van der Waals surface area contributed by atoms with E-state index in [9.17, 15) is 0 Å². The van der Waals surface area contributed by atoms with Gasteiger partial charge in [0.05, 0.1) is 0 Å². The average molecular weight is 143 g/mol. The first kappa shape index (κ1) is 9.50. The molecule has 0 aliphatic carbocycles. The van der Waals surface area contributed by atoms with Crippen LogP contribution in [0.1, 0.15) is 34.1 Å². The lowest BCUT2D eigenvalue weighted by Crippen LogP contribution is -2.03. The molecule has 2 nitrogen and oxygen atoms in total. The Morgan fingerprint density at radius 2 is 2.00 bits per heavy atom. The van der Waals surface area contributed by atoms with Crippen molar-refractivity contribution in [1.29, 1.82) is 0 Å². The van der Waals surface area contributed by atoms with E-state index in [2.05, 4.69) is 25.6 Å². The van der Waals surface area contributed by atoms with Crippen LogP contribution in [-0.2, 0) is 4.84 Å². The molecule has 60 valence electrons. The van der Waals surface area contributed by atoms with Crippen molar-refractivity contribution < 1.29 is 4.84 Å². The van der Waals surface area contributed by atoms with Gasteiger partial charge in [-0.25, -0.2) is 0 Å². The zero-order chi connectivity index (χ0) is 8.15. The van der Waals surface area contributed by atoms with Crippen LogP contribution in [0.5, 0.6) is 0 Å². The second-order valence-corrected chi connectivity index (χ2v) is 2.67. The third-order valence-electron chi connectivity index (χ3n) is 2.08. The minimum atomic E-state index is 0.573. The van der Waals surface area contributed by atoms with Crippen LogP contribution in [0.4, 0.5) is 0 Å². The van der Waals surface area contributed by atoms with Gasteiger partial charge in [-0.2, -0.15) is 5.90 Å². The Kier molecular flexibility index (Phi) is 4.12. The molecule has 2 heteroatoms. The zero-order valence-electron chi connectivity index (χ0n) is 7.27. The summed E-state index contributed by atoms with van der Waals surface area (Å²) in [4.78, 5) is 4.61. The average Bonchev–Trinajstić information content (AvgIpc) is 2.00. The molecule has 0 aliphatic rings. The minimum Gasteiger partial charge on any atom is -0.416 e. The molecule has 0 aliphatic heterocycles. The highest BCUT2D eigenvalue weighted by Gasteiger charge is 2.04. The molecule has 0 aromatic carbocycles. The number of allylic oxidation sites excluding steroid dienone is 2. The summed E-state index contributed by atoms with van der Waals surface area (Å²) in [5, 5.41) is 0. The minimum absolute atomic E-state index is 0.573. The van der Waals surface area contributed by atoms with Crippen molar-refractivity contribution in [3.63, 3.8) is 0 Å². The molecule has 0 aromatic rings. The Morgan fingerprint density at radius 1 is 1.50 bits per heavy atom. The molecule has 0 bridgehead atoms. The topological polar surface area (TPSA) is 35.2 Å². The van der Waals surface area contributed by atoms with Crippen LogP contribution >= 0.6 is 0 Å².